The maximum Gasteiger partial charge on any atom is 0.139 e. The predicted molar refractivity (Wildman–Crippen MR) is 48.3 cm³/mol. The third-order valence-electron chi connectivity index (χ3n) is 1.56. The van der Waals surface area contributed by atoms with Crippen LogP contribution in [0.25, 0.3) is 0 Å². The molecule has 1 aromatic rings. The number of rotatable bonds is 2. The lowest BCUT2D eigenvalue weighted by atomic mass is 9.95. The second kappa shape index (κ2) is 3.45. The fourth-order valence-corrected chi connectivity index (χ4v) is 0.960. The first-order valence-corrected chi connectivity index (χ1v) is 3.66. The Bertz CT molecular complexity index is 188. The molecule has 1 radical (unpaired) electrons. The minimum absolute atomic E-state index is 1.08. The van der Waals surface area contributed by atoms with Crippen LogP contribution in [0.2, 0.25) is 0 Å². The summed E-state index contributed by atoms with van der Waals surface area (Å²) in [5, 5.41) is 0. The average Bonchev–Trinajstić information content (AvgIpc) is 1.95. The van der Waals surface area contributed by atoms with E-state index in [4.69, 9.17) is 0 Å². The van der Waals surface area contributed by atoms with Crippen molar-refractivity contribution in [1.82, 2.24) is 0 Å². The van der Waals surface area contributed by atoms with Gasteiger partial charge in [0.15, 0.2) is 0 Å². The number of benzene rings is 1. The summed E-state index contributed by atoms with van der Waals surface area (Å²) in [4.78, 5) is 0. The van der Waals surface area contributed by atoms with Crippen LogP contribution in [0.3, 0.4) is 0 Å². The third kappa shape index (κ3) is 1.91. The Balaban J connectivity index is 2.69. The Labute approximate surface area is 63.7 Å². The summed E-state index contributed by atoms with van der Waals surface area (Å²) >= 11 is 0. The minimum atomic E-state index is 1.08. The van der Waals surface area contributed by atoms with Crippen LogP contribution in [0.5, 0.6) is 0 Å². The Morgan fingerprint density at radius 1 is 1.30 bits per heavy atom. The van der Waals surface area contributed by atoms with Crippen molar-refractivity contribution in [1.29, 1.82) is 0 Å². The molecule has 0 aliphatic heterocycles. The topological polar surface area (TPSA) is 0 Å². The summed E-state index contributed by atoms with van der Waals surface area (Å²) in [5.74, 6) is 0. The number of hydrogen-bond donors (Lipinski definition) is 0. The Kier molecular flexibility index (Phi) is 2.55. The van der Waals surface area contributed by atoms with Gasteiger partial charge in [0.1, 0.15) is 7.85 Å². The maximum atomic E-state index is 2.18. The van der Waals surface area contributed by atoms with Crippen molar-refractivity contribution in [2.45, 2.75) is 13.3 Å². The van der Waals surface area contributed by atoms with Crippen molar-refractivity contribution < 1.29 is 0 Å². The second-order valence-corrected chi connectivity index (χ2v) is 2.60. The predicted octanol–water partition coefficient (Wildman–Crippen LogP) is 0.712. The molecule has 0 saturated heterocycles. The molecule has 0 fully saturated rings. The molecule has 0 nitrogen and oxygen atoms in total. The van der Waals surface area contributed by atoms with Gasteiger partial charge in [0, 0.05) is 0 Å². The lowest BCUT2D eigenvalue weighted by molar-refractivity contribution is 1.14. The van der Waals surface area contributed by atoms with Gasteiger partial charge in [-0.15, -0.1) is 0 Å². The van der Waals surface area contributed by atoms with Crippen LogP contribution in [0.1, 0.15) is 12.5 Å². The normalized spacial score (nSPS) is 9.70. The van der Waals surface area contributed by atoms with Crippen LogP contribution in [-0.2, 0) is 6.42 Å². The maximum absolute atomic E-state index is 2.18. The first kappa shape index (κ1) is 7.39. The molecule has 0 spiro atoms. The van der Waals surface area contributed by atoms with Crippen LogP contribution >= 0.6 is 0 Å². The largest absolute Gasteiger partial charge is 0.139 e. The molecule has 1 aromatic carbocycles. The fourth-order valence-electron chi connectivity index (χ4n) is 0.960. The summed E-state index contributed by atoms with van der Waals surface area (Å²) in [6.07, 6.45) is 3.25. The zero-order valence-corrected chi connectivity index (χ0v) is 6.59. The first-order chi connectivity index (χ1) is 4.83. The smallest absolute Gasteiger partial charge is 0.0889 e. The molecule has 0 unspecified atom stereocenters. The van der Waals surface area contributed by atoms with E-state index in [0.717, 1.165) is 6.42 Å². The molecule has 0 heterocycles. The monoisotopic (exact) mass is 131 g/mol. The van der Waals surface area contributed by atoms with Gasteiger partial charge in [-0.1, -0.05) is 36.7 Å². The van der Waals surface area contributed by atoms with Crippen molar-refractivity contribution >= 4 is 13.3 Å². The van der Waals surface area contributed by atoms with Crippen molar-refractivity contribution in [2.24, 2.45) is 0 Å². The Morgan fingerprint density at radius 2 is 1.90 bits per heavy atom. The zero-order valence-electron chi connectivity index (χ0n) is 6.59. The molecule has 0 aromatic heterocycles. The van der Waals surface area contributed by atoms with Gasteiger partial charge in [-0.3, -0.25) is 0 Å². The van der Waals surface area contributed by atoms with Gasteiger partial charge in [-0.25, -0.2) is 0 Å². The molecule has 0 aliphatic rings. The lowest BCUT2D eigenvalue weighted by Crippen LogP contribution is -2.00. The van der Waals surface area contributed by atoms with E-state index in [1.807, 2.05) is 0 Å². The van der Waals surface area contributed by atoms with E-state index in [0.29, 0.717) is 0 Å². The molecule has 10 heavy (non-hydrogen) atoms. The molecule has 0 atom stereocenters. The van der Waals surface area contributed by atoms with Gasteiger partial charge in [-0.05, 0) is 18.4 Å². The van der Waals surface area contributed by atoms with E-state index in [-0.39, 0.29) is 0 Å². The van der Waals surface area contributed by atoms with Crippen LogP contribution in [0.15, 0.2) is 24.3 Å². The third-order valence-corrected chi connectivity index (χ3v) is 1.56. The summed E-state index contributed by atoms with van der Waals surface area (Å²) in [5.41, 5.74) is 2.73. The van der Waals surface area contributed by atoms with E-state index < -0.39 is 0 Å². The van der Waals surface area contributed by atoms with Gasteiger partial charge >= 0.3 is 0 Å². The highest BCUT2D eigenvalue weighted by atomic mass is 13.9. The molecular formula is C9H12B. The van der Waals surface area contributed by atoms with E-state index >= 15 is 0 Å². The van der Waals surface area contributed by atoms with Crippen LogP contribution in [0.4, 0.5) is 0 Å². The zero-order chi connectivity index (χ0) is 7.40. The number of hydrogen-bond acceptors (Lipinski definition) is 0. The molecule has 0 saturated carbocycles. The van der Waals surface area contributed by atoms with Crippen molar-refractivity contribution in [2.75, 3.05) is 0 Å². The summed E-state index contributed by atoms with van der Waals surface area (Å²) < 4.78 is 0. The van der Waals surface area contributed by atoms with Gasteiger partial charge in [-0.2, -0.15) is 0 Å². The standard InChI is InChI=1S/C9H12B/c1-2-3-8-4-6-9(10)7-5-8/h2,4-7H,3,10H2,1H3. The highest BCUT2D eigenvalue weighted by Gasteiger charge is 1.88. The molecule has 1 rings (SSSR count). The lowest BCUT2D eigenvalue weighted by Gasteiger charge is -1.97. The van der Waals surface area contributed by atoms with E-state index in [2.05, 4.69) is 45.5 Å². The SMILES string of the molecule is Bc1ccc(C[CH]C)cc1. The fraction of sp³-hybridized carbons (Fsp3) is 0.222. The van der Waals surface area contributed by atoms with Gasteiger partial charge in [0.2, 0.25) is 0 Å². The molecule has 0 bridgehead atoms. The Hall–Kier alpha value is -0.715. The minimum Gasteiger partial charge on any atom is -0.0889 e. The molecular weight excluding hydrogens is 119 g/mol. The second-order valence-electron chi connectivity index (χ2n) is 2.60. The summed E-state index contributed by atoms with van der Waals surface area (Å²) in [6, 6.07) is 8.66. The van der Waals surface area contributed by atoms with Crippen molar-refractivity contribution in [3.8, 4) is 0 Å². The van der Waals surface area contributed by atoms with Gasteiger partial charge in [0.25, 0.3) is 0 Å². The van der Waals surface area contributed by atoms with Crippen LogP contribution in [0, 0.1) is 6.42 Å². The van der Waals surface area contributed by atoms with E-state index in [1.165, 1.54) is 11.0 Å². The van der Waals surface area contributed by atoms with Crippen LogP contribution in [-0.4, -0.2) is 7.85 Å². The van der Waals surface area contributed by atoms with E-state index in [1.54, 1.807) is 0 Å². The molecule has 0 aliphatic carbocycles. The van der Waals surface area contributed by atoms with Gasteiger partial charge in [0.05, 0.1) is 0 Å². The van der Waals surface area contributed by atoms with E-state index in [9.17, 15) is 0 Å². The molecule has 51 valence electrons. The van der Waals surface area contributed by atoms with Crippen molar-refractivity contribution in [3.63, 3.8) is 0 Å². The van der Waals surface area contributed by atoms with Crippen molar-refractivity contribution in [3.05, 3.63) is 36.2 Å². The average molecular weight is 131 g/mol. The molecule has 0 amide bonds. The first-order valence-electron chi connectivity index (χ1n) is 3.66. The Morgan fingerprint density at radius 3 is 2.40 bits per heavy atom. The van der Waals surface area contributed by atoms with Crippen LogP contribution < -0.4 is 5.46 Å². The summed E-state index contributed by atoms with van der Waals surface area (Å²) in [6.45, 7) is 2.08. The van der Waals surface area contributed by atoms with Gasteiger partial charge < -0.3 is 0 Å². The molecule has 1 heteroatoms. The highest BCUT2D eigenvalue weighted by Crippen LogP contribution is 1.98. The highest BCUT2D eigenvalue weighted by molar-refractivity contribution is 6.32. The summed E-state index contributed by atoms with van der Waals surface area (Å²) in [7, 11) is 2.11. The quantitative estimate of drug-likeness (QED) is 0.518. The molecule has 0 N–H and O–H groups in total.